The minimum Gasteiger partial charge on any atom is -0.480 e. The third-order valence-electron chi connectivity index (χ3n) is 6.36. The maximum Gasteiger partial charge on any atom is 0.417 e. The average Bonchev–Trinajstić information content (AvgIpc) is 2.98. The lowest BCUT2D eigenvalue weighted by atomic mass is 10.0. The first-order valence-electron chi connectivity index (χ1n) is 12.8. The normalized spacial score (nSPS) is 11.8. The van der Waals surface area contributed by atoms with Crippen LogP contribution in [0.5, 0.6) is 0 Å². The number of halogens is 5. The van der Waals surface area contributed by atoms with E-state index in [-0.39, 0.29) is 17.5 Å². The van der Waals surface area contributed by atoms with Crippen LogP contribution in [-0.2, 0) is 23.9 Å². The minimum atomic E-state index is -4.77. The Hall–Kier alpha value is -4.54. The van der Waals surface area contributed by atoms with E-state index in [0.29, 0.717) is 15.6 Å². The topological polar surface area (TPSA) is 98.7 Å². The van der Waals surface area contributed by atoms with E-state index in [2.05, 4.69) is 10.7 Å². The smallest absolute Gasteiger partial charge is 0.417 e. The van der Waals surface area contributed by atoms with E-state index in [1.165, 1.54) is 18.2 Å². The molecule has 222 valence electrons. The number of nitrogens with one attached hydrogen (secondary N) is 2. The van der Waals surface area contributed by atoms with Crippen LogP contribution in [0.25, 0.3) is 11.1 Å². The Bertz CT molecular complexity index is 1600. The summed E-state index contributed by atoms with van der Waals surface area (Å²) in [4.78, 5) is 38.5. The first-order chi connectivity index (χ1) is 20.4. The minimum absolute atomic E-state index is 0.0174. The molecule has 3 amide bonds. The number of urea groups is 1. The molecule has 0 fully saturated rings. The number of rotatable bonds is 8. The number of carboxylic acids is 1. The summed E-state index contributed by atoms with van der Waals surface area (Å²) in [5.41, 5.74) is 3.70. The van der Waals surface area contributed by atoms with E-state index in [4.69, 9.17) is 23.2 Å². The number of alkyl halides is 3. The van der Waals surface area contributed by atoms with Crippen molar-refractivity contribution < 1.29 is 32.7 Å². The van der Waals surface area contributed by atoms with Gasteiger partial charge in [0.2, 0.25) is 0 Å². The van der Waals surface area contributed by atoms with Crippen molar-refractivity contribution in [3.8, 4) is 11.1 Å². The summed E-state index contributed by atoms with van der Waals surface area (Å²) in [6, 6.07) is 22.7. The van der Waals surface area contributed by atoms with Crippen LogP contribution in [0.2, 0.25) is 10.0 Å². The molecule has 7 nitrogen and oxygen atoms in total. The van der Waals surface area contributed by atoms with Crippen LogP contribution in [0.4, 0.5) is 18.0 Å². The van der Waals surface area contributed by atoms with Gasteiger partial charge in [-0.05, 0) is 58.7 Å². The molecule has 0 radical (unpaired) electrons. The van der Waals surface area contributed by atoms with Crippen molar-refractivity contribution in [2.45, 2.75) is 25.2 Å². The summed E-state index contributed by atoms with van der Waals surface area (Å²) < 4.78 is 40.5. The third-order valence-corrected chi connectivity index (χ3v) is 6.94. The number of hydrogen-bond acceptors (Lipinski definition) is 3. The zero-order valence-electron chi connectivity index (χ0n) is 22.2. The summed E-state index contributed by atoms with van der Waals surface area (Å²) >= 11 is 11.6. The molecule has 1 unspecified atom stereocenters. The van der Waals surface area contributed by atoms with Crippen molar-refractivity contribution in [2.24, 2.45) is 0 Å². The molecule has 4 aromatic carbocycles. The molecule has 1 atom stereocenters. The molecule has 0 heterocycles. The van der Waals surface area contributed by atoms with Crippen molar-refractivity contribution >= 4 is 41.1 Å². The number of hydrogen-bond donors (Lipinski definition) is 3. The second-order valence-electron chi connectivity index (χ2n) is 9.45. The highest BCUT2D eigenvalue weighted by atomic mass is 35.5. The highest BCUT2D eigenvalue weighted by Gasteiger charge is 2.34. The summed E-state index contributed by atoms with van der Waals surface area (Å²) in [5, 5.41) is 12.7. The number of carbonyl (C=O) groups excluding carboxylic acids is 2. The maximum absolute atomic E-state index is 13.5. The van der Waals surface area contributed by atoms with E-state index in [1.54, 1.807) is 36.4 Å². The van der Waals surface area contributed by atoms with E-state index in [1.807, 2.05) is 30.3 Å². The summed E-state index contributed by atoms with van der Waals surface area (Å²) in [5.74, 6) is -2.11. The molecule has 12 heteroatoms. The molecule has 0 aliphatic rings. The number of aliphatic carboxylic acids is 1. The fourth-order valence-corrected chi connectivity index (χ4v) is 4.50. The molecule has 0 aliphatic heterocycles. The van der Waals surface area contributed by atoms with Crippen molar-refractivity contribution in [1.82, 2.24) is 15.8 Å². The Morgan fingerprint density at radius 1 is 0.814 bits per heavy atom. The van der Waals surface area contributed by atoms with Gasteiger partial charge in [-0.2, -0.15) is 13.2 Å². The number of carboxylic acid groups (broad SMARTS) is 1. The molecule has 0 aromatic heterocycles. The van der Waals surface area contributed by atoms with Crippen molar-refractivity contribution in [1.29, 1.82) is 0 Å². The fourth-order valence-electron chi connectivity index (χ4n) is 4.15. The molecule has 4 rings (SSSR count). The van der Waals surface area contributed by atoms with Gasteiger partial charge in [0, 0.05) is 17.0 Å². The first kappa shape index (κ1) is 31.4. The molecular weight excluding hydrogens is 606 g/mol. The van der Waals surface area contributed by atoms with Gasteiger partial charge in [-0.15, -0.1) is 0 Å². The van der Waals surface area contributed by atoms with Crippen LogP contribution in [-0.4, -0.2) is 34.1 Å². The molecular formula is C31H24Cl2F3N3O4. The second kappa shape index (κ2) is 13.6. The number of amides is 3. The summed E-state index contributed by atoms with van der Waals surface area (Å²) in [7, 11) is 0. The van der Waals surface area contributed by atoms with Gasteiger partial charge in [0.15, 0.2) is 0 Å². The Morgan fingerprint density at radius 3 is 2.02 bits per heavy atom. The van der Waals surface area contributed by atoms with E-state index >= 15 is 0 Å². The number of nitrogens with zero attached hydrogens (tertiary/aromatic N) is 1. The van der Waals surface area contributed by atoms with Crippen LogP contribution in [0.3, 0.4) is 0 Å². The molecule has 3 N–H and O–H groups in total. The Morgan fingerprint density at radius 2 is 1.42 bits per heavy atom. The fraction of sp³-hybridized carbons (Fsp3) is 0.129. The lowest BCUT2D eigenvalue weighted by Gasteiger charge is -2.26. The van der Waals surface area contributed by atoms with Gasteiger partial charge in [0.1, 0.15) is 6.04 Å². The lowest BCUT2D eigenvalue weighted by Crippen LogP contribution is -2.54. The van der Waals surface area contributed by atoms with Crippen LogP contribution in [0.1, 0.15) is 27.0 Å². The van der Waals surface area contributed by atoms with Gasteiger partial charge in [-0.3, -0.25) is 10.2 Å². The van der Waals surface area contributed by atoms with E-state index in [0.717, 1.165) is 23.3 Å². The van der Waals surface area contributed by atoms with Gasteiger partial charge in [-0.25, -0.2) is 14.6 Å². The van der Waals surface area contributed by atoms with Crippen LogP contribution >= 0.6 is 23.2 Å². The van der Waals surface area contributed by atoms with E-state index in [9.17, 15) is 32.7 Å². The highest BCUT2D eigenvalue weighted by Crippen LogP contribution is 2.35. The zero-order valence-corrected chi connectivity index (χ0v) is 23.8. The Labute approximate surface area is 254 Å². The summed E-state index contributed by atoms with van der Waals surface area (Å²) in [6.45, 7) is -0.535. The van der Waals surface area contributed by atoms with Crippen LogP contribution in [0, 0.1) is 0 Å². The van der Waals surface area contributed by atoms with Gasteiger partial charge in [0.25, 0.3) is 5.91 Å². The van der Waals surface area contributed by atoms with Gasteiger partial charge in [0.05, 0.1) is 17.1 Å². The Balaban J connectivity index is 1.58. The molecule has 0 bridgehead atoms. The number of benzene rings is 4. The average molecular weight is 630 g/mol. The molecule has 0 saturated heterocycles. The third kappa shape index (κ3) is 8.50. The van der Waals surface area contributed by atoms with Crippen molar-refractivity contribution in [2.75, 3.05) is 0 Å². The predicted octanol–water partition coefficient (Wildman–Crippen LogP) is 7.23. The quantitative estimate of drug-likeness (QED) is 0.179. The largest absolute Gasteiger partial charge is 0.480 e. The summed E-state index contributed by atoms with van der Waals surface area (Å²) in [6.07, 6.45) is -4.89. The molecule has 0 aliphatic carbocycles. The van der Waals surface area contributed by atoms with Gasteiger partial charge < -0.3 is 10.4 Å². The van der Waals surface area contributed by atoms with Gasteiger partial charge >= 0.3 is 18.2 Å². The van der Waals surface area contributed by atoms with Crippen LogP contribution < -0.4 is 10.7 Å². The monoisotopic (exact) mass is 629 g/mol. The van der Waals surface area contributed by atoms with Crippen molar-refractivity contribution in [3.63, 3.8) is 0 Å². The van der Waals surface area contributed by atoms with Gasteiger partial charge in [-0.1, -0.05) is 83.9 Å². The molecule has 4 aromatic rings. The first-order valence-corrected chi connectivity index (χ1v) is 13.5. The molecule has 43 heavy (non-hydrogen) atoms. The highest BCUT2D eigenvalue weighted by molar-refractivity contribution is 6.31. The van der Waals surface area contributed by atoms with Crippen molar-refractivity contribution in [3.05, 3.63) is 129 Å². The molecule has 0 spiro atoms. The SMILES string of the molecule is O=C(NN(Cc1ccc(Cl)c(C(F)(F)F)c1)C(=O)NC(Cc1ccc(Cl)cc1)C(=O)O)c1ccc(-c2ccccc2)cc1. The number of hydrazine groups is 1. The standard InChI is InChI=1S/C31H24Cl2F3N3O4/c32-24-13-6-19(7-14-24)17-27(29(41)42)37-30(43)39(18-20-8-15-26(33)25(16-20)31(34,35)36)38-28(40)23-11-9-22(10-12-23)21-4-2-1-3-5-21/h1-16,27H,17-18H2,(H,37,43)(H,38,40)(H,41,42). The van der Waals surface area contributed by atoms with Crippen LogP contribution in [0.15, 0.2) is 97.1 Å². The maximum atomic E-state index is 13.5. The Kier molecular flexibility index (Phi) is 9.95. The lowest BCUT2D eigenvalue weighted by molar-refractivity contribution is -0.139. The predicted molar refractivity (Wildman–Crippen MR) is 156 cm³/mol. The zero-order chi connectivity index (χ0) is 31.1. The number of carbonyl (C=O) groups is 3. The van der Waals surface area contributed by atoms with E-state index < -0.39 is 47.3 Å². The second-order valence-corrected chi connectivity index (χ2v) is 10.3. The molecule has 0 saturated carbocycles.